The molecule has 0 saturated heterocycles. The number of halogens is 1. The highest BCUT2D eigenvalue weighted by molar-refractivity contribution is 6.36. The molecule has 0 aliphatic heterocycles. The van der Waals surface area contributed by atoms with Gasteiger partial charge in [0.25, 0.3) is 5.91 Å². The molecule has 0 unspecified atom stereocenters. The zero-order chi connectivity index (χ0) is 13.9. The van der Waals surface area contributed by atoms with Gasteiger partial charge in [-0.3, -0.25) is 4.79 Å². The Kier molecular flexibility index (Phi) is 4.32. The van der Waals surface area contributed by atoms with Gasteiger partial charge in [0.1, 0.15) is 0 Å². The van der Waals surface area contributed by atoms with E-state index in [9.17, 15) is 9.90 Å². The largest absolute Gasteiger partial charge is 0.398 e. The number of benzene rings is 1. The molecule has 0 spiro atoms. The topological polar surface area (TPSA) is 75.4 Å². The number of carbonyl (C=O) groups is 1. The number of anilines is 1. The van der Waals surface area contributed by atoms with Crippen molar-refractivity contribution in [1.29, 1.82) is 0 Å². The number of nitrogens with one attached hydrogen (secondary N) is 1. The SMILES string of the molecule is Nc1cccc(C(=O)NC2(CO)CCCCC2)c1Cl. The number of rotatable bonds is 3. The fourth-order valence-corrected chi connectivity index (χ4v) is 2.80. The molecule has 1 aliphatic carbocycles. The quantitative estimate of drug-likeness (QED) is 0.745. The Bertz CT molecular complexity index is 471. The van der Waals surface area contributed by atoms with Crippen molar-refractivity contribution >= 4 is 23.2 Å². The maximum Gasteiger partial charge on any atom is 0.253 e. The molecule has 1 aliphatic rings. The van der Waals surface area contributed by atoms with Crippen LogP contribution in [0, 0.1) is 0 Å². The first kappa shape index (κ1) is 14.2. The van der Waals surface area contributed by atoms with Gasteiger partial charge in [0.15, 0.2) is 0 Å². The van der Waals surface area contributed by atoms with E-state index in [4.69, 9.17) is 17.3 Å². The summed E-state index contributed by atoms with van der Waals surface area (Å²) in [6.45, 7) is -0.0430. The summed E-state index contributed by atoms with van der Waals surface area (Å²) in [5.41, 5.74) is 5.93. The lowest BCUT2D eigenvalue weighted by Gasteiger charge is -2.36. The molecule has 1 fully saturated rings. The van der Waals surface area contributed by atoms with E-state index in [2.05, 4.69) is 5.32 Å². The van der Waals surface area contributed by atoms with E-state index in [1.165, 1.54) is 0 Å². The Morgan fingerprint density at radius 2 is 2.05 bits per heavy atom. The Hall–Kier alpha value is -1.26. The molecule has 19 heavy (non-hydrogen) atoms. The maximum absolute atomic E-state index is 12.3. The van der Waals surface area contributed by atoms with Gasteiger partial charge in [-0.1, -0.05) is 36.9 Å². The van der Waals surface area contributed by atoms with Gasteiger partial charge in [0.2, 0.25) is 0 Å². The summed E-state index contributed by atoms with van der Waals surface area (Å²) in [6.07, 6.45) is 4.79. The lowest BCUT2D eigenvalue weighted by Crippen LogP contribution is -2.52. The second-order valence-electron chi connectivity index (χ2n) is 5.16. The van der Waals surface area contributed by atoms with Crippen LogP contribution in [0.2, 0.25) is 5.02 Å². The second kappa shape index (κ2) is 5.80. The first-order valence-corrected chi connectivity index (χ1v) is 6.93. The van der Waals surface area contributed by atoms with Crippen molar-refractivity contribution < 1.29 is 9.90 Å². The highest BCUT2D eigenvalue weighted by Crippen LogP contribution is 2.29. The minimum Gasteiger partial charge on any atom is -0.398 e. The summed E-state index contributed by atoms with van der Waals surface area (Å²) >= 11 is 6.05. The van der Waals surface area contributed by atoms with Crippen molar-refractivity contribution in [3.05, 3.63) is 28.8 Å². The molecule has 1 aromatic rings. The van der Waals surface area contributed by atoms with Gasteiger partial charge >= 0.3 is 0 Å². The molecule has 5 heteroatoms. The van der Waals surface area contributed by atoms with E-state index in [0.717, 1.165) is 32.1 Å². The summed E-state index contributed by atoms with van der Waals surface area (Å²) in [5.74, 6) is -0.270. The van der Waals surface area contributed by atoms with Crippen LogP contribution in [0.5, 0.6) is 0 Å². The van der Waals surface area contributed by atoms with Gasteiger partial charge in [0, 0.05) is 0 Å². The number of nitrogens with two attached hydrogens (primary N) is 1. The third kappa shape index (κ3) is 3.01. The number of hydrogen-bond donors (Lipinski definition) is 3. The first-order chi connectivity index (χ1) is 9.08. The fourth-order valence-electron chi connectivity index (χ4n) is 2.58. The van der Waals surface area contributed by atoms with Crippen LogP contribution in [0.1, 0.15) is 42.5 Å². The van der Waals surface area contributed by atoms with E-state index >= 15 is 0 Å². The van der Waals surface area contributed by atoms with Crippen molar-refractivity contribution in [2.75, 3.05) is 12.3 Å². The minimum absolute atomic E-state index is 0.0430. The van der Waals surface area contributed by atoms with Crippen molar-refractivity contribution in [1.82, 2.24) is 5.32 Å². The summed E-state index contributed by atoms with van der Waals surface area (Å²) in [6, 6.07) is 4.99. The Morgan fingerprint density at radius 3 is 2.68 bits per heavy atom. The van der Waals surface area contributed by atoms with Crippen molar-refractivity contribution in [2.45, 2.75) is 37.6 Å². The Labute approximate surface area is 117 Å². The van der Waals surface area contributed by atoms with E-state index in [0.29, 0.717) is 11.3 Å². The minimum atomic E-state index is -0.511. The molecule has 0 aromatic heterocycles. The molecule has 0 bridgehead atoms. The number of hydrogen-bond acceptors (Lipinski definition) is 3. The van der Waals surface area contributed by atoms with Crippen LogP contribution in [0.3, 0.4) is 0 Å². The van der Waals surface area contributed by atoms with Crippen LogP contribution in [-0.2, 0) is 0 Å². The van der Waals surface area contributed by atoms with Crippen LogP contribution in [-0.4, -0.2) is 23.2 Å². The van der Waals surface area contributed by atoms with Gasteiger partial charge in [-0.15, -0.1) is 0 Å². The number of nitrogen functional groups attached to an aromatic ring is 1. The van der Waals surface area contributed by atoms with E-state index in [-0.39, 0.29) is 17.5 Å². The van der Waals surface area contributed by atoms with Crippen LogP contribution in [0.15, 0.2) is 18.2 Å². The van der Waals surface area contributed by atoms with Gasteiger partial charge in [-0.05, 0) is 25.0 Å². The van der Waals surface area contributed by atoms with E-state index < -0.39 is 5.54 Å². The summed E-state index contributed by atoms with van der Waals surface area (Å²) in [5, 5.41) is 12.8. The van der Waals surface area contributed by atoms with Crippen molar-refractivity contribution in [3.63, 3.8) is 0 Å². The molecular formula is C14H19ClN2O2. The second-order valence-corrected chi connectivity index (χ2v) is 5.54. The number of aliphatic hydroxyl groups is 1. The van der Waals surface area contributed by atoms with Crippen molar-refractivity contribution in [2.24, 2.45) is 0 Å². The average molecular weight is 283 g/mol. The third-order valence-electron chi connectivity index (χ3n) is 3.77. The molecule has 4 nitrogen and oxygen atoms in total. The first-order valence-electron chi connectivity index (χ1n) is 6.55. The zero-order valence-corrected chi connectivity index (χ0v) is 11.5. The predicted octanol–water partition coefficient (Wildman–Crippen LogP) is 2.35. The van der Waals surface area contributed by atoms with Gasteiger partial charge in [0.05, 0.1) is 28.4 Å². The lowest BCUT2D eigenvalue weighted by molar-refractivity contribution is 0.0759. The molecule has 4 N–H and O–H groups in total. The number of aliphatic hydroxyl groups excluding tert-OH is 1. The molecule has 104 valence electrons. The number of amides is 1. The van der Waals surface area contributed by atoms with Gasteiger partial charge < -0.3 is 16.2 Å². The van der Waals surface area contributed by atoms with E-state index in [1.807, 2.05) is 0 Å². The molecule has 0 radical (unpaired) electrons. The molecule has 1 saturated carbocycles. The highest BCUT2D eigenvalue weighted by Gasteiger charge is 2.33. The molecule has 1 amide bonds. The highest BCUT2D eigenvalue weighted by atomic mass is 35.5. The predicted molar refractivity (Wildman–Crippen MR) is 76.2 cm³/mol. The number of carbonyl (C=O) groups excluding carboxylic acids is 1. The standard InChI is InChI=1S/C14H19ClN2O2/c15-12-10(5-4-6-11(12)16)13(19)17-14(9-18)7-2-1-3-8-14/h4-6,18H,1-3,7-9,16H2,(H,17,19). The maximum atomic E-state index is 12.3. The normalized spacial score (nSPS) is 18.0. The smallest absolute Gasteiger partial charge is 0.253 e. The van der Waals surface area contributed by atoms with Gasteiger partial charge in [-0.25, -0.2) is 0 Å². The Morgan fingerprint density at radius 1 is 1.37 bits per heavy atom. The average Bonchev–Trinajstić information content (AvgIpc) is 2.42. The summed E-state index contributed by atoms with van der Waals surface area (Å²) in [4.78, 5) is 12.3. The Balaban J connectivity index is 2.17. The monoisotopic (exact) mass is 282 g/mol. The molecule has 1 aromatic carbocycles. The molecular weight excluding hydrogens is 264 g/mol. The molecule has 2 rings (SSSR count). The van der Waals surface area contributed by atoms with Crippen LogP contribution >= 0.6 is 11.6 Å². The summed E-state index contributed by atoms with van der Waals surface area (Å²) < 4.78 is 0. The van der Waals surface area contributed by atoms with Crippen LogP contribution in [0.25, 0.3) is 0 Å². The zero-order valence-electron chi connectivity index (χ0n) is 10.8. The van der Waals surface area contributed by atoms with Gasteiger partial charge in [-0.2, -0.15) is 0 Å². The van der Waals surface area contributed by atoms with Crippen LogP contribution < -0.4 is 11.1 Å². The lowest BCUT2D eigenvalue weighted by atomic mass is 9.82. The van der Waals surface area contributed by atoms with Crippen molar-refractivity contribution in [3.8, 4) is 0 Å². The molecule has 0 atom stereocenters. The fraction of sp³-hybridized carbons (Fsp3) is 0.500. The van der Waals surface area contributed by atoms with E-state index in [1.54, 1.807) is 18.2 Å². The third-order valence-corrected chi connectivity index (χ3v) is 4.19. The summed E-state index contributed by atoms with van der Waals surface area (Å²) in [7, 11) is 0. The molecule has 0 heterocycles. The van der Waals surface area contributed by atoms with Crippen LogP contribution in [0.4, 0.5) is 5.69 Å².